The van der Waals surface area contributed by atoms with Crippen molar-refractivity contribution in [1.82, 2.24) is 10.6 Å². The van der Waals surface area contributed by atoms with E-state index >= 15 is 0 Å². The third kappa shape index (κ3) is 6.14. The number of rotatable bonds is 8. The van der Waals surface area contributed by atoms with Gasteiger partial charge in [0.05, 0.1) is 13.0 Å². The Morgan fingerprint density at radius 1 is 1.15 bits per heavy atom. The Hall–Kier alpha value is -2.16. The molecule has 0 saturated heterocycles. The number of aliphatic carboxylic acids is 1. The number of amides is 3. The summed E-state index contributed by atoms with van der Waals surface area (Å²) in [6.07, 6.45) is -0.442. The van der Waals surface area contributed by atoms with E-state index in [-0.39, 0.29) is 12.5 Å². The molecule has 0 aliphatic carbocycles. The number of carboxylic acid groups (broad SMARTS) is 1. The predicted octanol–water partition coefficient (Wildman–Crippen LogP) is -2.47. The van der Waals surface area contributed by atoms with Gasteiger partial charge in [-0.2, -0.15) is 0 Å². The lowest BCUT2D eigenvalue weighted by Crippen LogP contribution is -2.54. The Bertz CT molecular complexity index is 396. The van der Waals surface area contributed by atoms with Gasteiger partial charge >= 0.3 is 5.97 Å². The molecule has 3 amide bonds. The number of carbonyl (C=O) groups is 4. The van der Waals surface area contributed by atoms with Crippen LogP contribution in [0, 0.1) is 5.92 Å². The monoisotopic (exact) mass is 288 g/mol. The maximum atomic E-state index is 11.9. The van der Waals surface area contributed by atoms with Gasteiger partial charge in [0.2, 0.25) is 17.7 Å². The van der Waals surface area contributed by atoms with Crippen LogP contribution < -0.4 is 22.1 Å². The molecule has 114 valence electrons. The van der Waals surface area contributed by atoms with E-state index in [2.05, 4.69) is 10.6 Å². The number of hydrogen-bond donors (Lipinski definition) is 5. The van der Waals surface area contributed by atoms with E-state index in [0.717, 1.165) is 0 Å². The molecule has 0 aliphatic heterocycles. The molecule has 0 aliphatic rings. The van der Waals surface area contributed by atoms with E-state index in [1.807, 2.05) is 0 Å². The Balaban J connectivity index is 4.88. The van der Waals surface area contributed by atoms with Crippen LogP contribution in [0.15, 0.2) is 0 Å². The molecule has 0 unspecified atom stereocenters. The highest BCUT2D eigenvalue weighted by molar-refractivity contribution is 5.93. The second kappa shape index (κ2) is 8.10. The van der Waals surface area contributed by atoms with Crippen LogP contribution in [0.3, 0.4) is 0 Å². The normalized spacial score (nSPS) is 13.4. The van der Waals surface area contributed by atoms with Gasteiger partial charge in [0.1, 0.15) is 12.1 Å². The molecule has 0 aromatic carbocycles. The summed E-state index contributed by atoms with van der Waals surface area (Å²) >= 11 is 0. The molecule has 20 heavy (non-hydrogen) atoms. The molecule has 0 rings (SSSR count). The predicted molar refractivity (Wildman–Crippen MR) is 69.2 cm³/mol. The second-order valence-corrected chi connectivity index (χ2v) is 4.56. The van der Waals surface area contributed by atoms with Crippen molar-refractivity contribution in [1.29, 1.82) is 0 Å². The van der Waals surface area contributed by atoms with Crippen LogP contribution in [0.25, 0.3) is 0 Å². The highest BCUT2D eigenvalue weighted by Crippen LogP contribution is 2.03. The average molecular weight is 288 g/mol. The van der Waals surface area contributed by atoms with Gasteiger partial charge in [-0.25, -0.2) is 4.79 Å². The minimum absolute atomic E-state index is 0.365. The fraction of sp³-hybridized carbons (Fsp3) is 0.636. The second-order valence-electron chi connectivity index (χ2n) is 4.56. The van der Waals surface area contributed by atoms with Gasteiger partial charge in [0.15, 0.2) is 0 Å². The van der Waals surface area contributed by atoms with Crippen molar-refractivity contribution in [3.63, 3.8) is 0 Å². The molecule has 0 spiro atoms. The summed E-state index contributed by atoms with van der Waals surface area (Å²) in [6.45, 7) is 2.86. The number of carbonyl (C=O) groups excluding carboxylic acids is 3. The lowest BCUT2D eigenvalue weighted by molar-refractivity contribution is -0.143. The van der Waals surface area contributed by atoms with Crippen molar-refractivity contribution in [2.24, 2.45) is 17.4 Å². The van der Waals surface area contributed by atoms with E-state index in [4.69, 9.17) is 16.6 Å². The molecule has 0 fully saturated rings. The minimum atomic E-state index is -1.25. The third-order valence-corrected chi connectivity index (χ3v) is 2.47. The average Bonchev–Trinajstić information content (AvgIpc) is 2.33. The third-order valence-electron chi connectivity index (χ3n) is 2.47. The summed E-state index contributed by atoms with van der Waals surface area (Å²) in [4.78, 5) is 45.0. The first-order valence-electron chi connectivity index (χ1n) is 6.00. The zero-order valence-electron chi connectivity index (χ0n) is 11.4. The van der Waals surface area contributed by atoms with Gasteiger partial charge in [0, 0.05) is 0 Å². The largest absolute Gasteiger partial charge is 0.480 e. The number of hydrogen-bond acceptors (Lipinski definition) is 5. The van der Waals surface area contributed by atoms with E-state index < -0.39 is 42.2 Å². The standard InChI is InChI=1S/C11H20N4O5/c1-5(2)9(11(19)20)15-10(18)6(3-7(13)16)14-8(17)4-12/h5-6,9H,3-4,12H2,1-2H3,(H2,13,16)(H,14,17)(H,15,18)(H,19,20)/t6-,9-/m0/s1. The van der Waals surface area contributed by atoms with Gasteiger partial charge in [0.25, 0.3) is 0 Å². The molecule has 0 radical (unpaired) electrons. The molecule has 2 atom stereocenters. The number of primary amides is 1. The van der Waals surface area contributed by atoms with Crippen molar-refractivity contribution in [2.45, 2.75) is 32.4 Å². The molecule has 0 aromatic rings. The summed E-state index contributed by atoms with van der Waals surface area (Å²) in [5.74, 6) is -3.83. The molecule has 0 saturated carbocycles. The lowest BCUT2D eigenvalue weighted by atomic mass is 10.0. The Labute approximate surface area is 116 Å². The van der Waals surface area contributed by atoms with Crippen molar-refractivity contribution in [2.75, 3.05) is 6.54 Å². The van der Waals surface area contributed by atoms with Crippen molar-refractivity contribution in [3.8, 4) is 0 Å². The van der Waals surface area contributed by atoms with Crippen LogP contribution >= 0.6 is 0 Å². The number of nitrogens with one attached hydrogen (secondary N) is 2. The van der Waals surface area contributed by atoms with Gasteiger partial charge in [-0.1, -0.05) is 13.8 Å². The quantitative estimate of drug-likeness (QED) is 0.332. The van der Waals surface area contributed by atoms with E-state index in [0.29, 0.717) is 0 Å². The molecule has 7 N–H and O–H groups in total. The van der Waals surface area contributed by atoms with E-state index in [1.54, 1.807) is 13.8 Å². The minimum Gasteiger partial charge on any atom is -0.480 e. The summed E-state index contributed by atoms with van der Waals surface area (Å²) in [5, 5.41) is 13.4. The SMILES string of the molecule is CC(C)[C@H](NC(=O)[C@H](CC(N)=O)NC(=O)CN)C(=O)O. The van der Waals surface area contributed by atoms with E-state index in [9.17, 15) is 19.2 Å². The zero-order valence-corrected chi connectivity index (χ0v) is 11.4. The highest BCUT2D eigenvalue weighted by Gasteiger charge is 2.29. The first kappa shape index (κ1) is 17.8. The molecular weight excluding hydrogens is 268 g/mol. The fourth-order valence-electron chi connectivity index (χ4n) is 1.43. The molecule has 9 nitrogen and oxygen atoms in total. The summed E-state index contributed by atoms with van der Waals surface area (Å²) in [6, 6.07) is -2.38. The summed E-state index contributed by atoms with van der Waals surface area (Å²) < 4.78 is 0. The maximum absolute atomic E-state index is 11.9. The van der Waals surface area contributed by atoms with Crippen LogP contribution in [-0.2, 0) is 19.2 Å². The molecule has 0 heterocycles. The smallest absolute Gasteiger partial charge is 0.326 e. The summed E-state index contributed by atoms with van der Waals surface area (Å²) in [7, 11) is 0. The van der Waals surface area contributed by atoms with Crippen LogP contribution in [0.5, 0.6) is 0 Å². The van der Waals surface area contributed by atoms with Crippen LogP contribution in [-0.4, -0.2) is 47.4 Å². The van der Waals surface area contributed by atoms with Crippen molar-refractivity contribution in [3.05, 3.63) is 0 Å². The Morgan fingerprint density at radius 2 is 1.70 bits per heavy atom. The first-order valence-corrected chi connectivity index (χ1v) is 6.00. The van der Waals surface area contributed by atoms with Crippen LogP contribution in [0.2, 0.25) is 0 Å². The Morgan fingerprint density at radius 3 is 2.05 bits per heavy atom. The highest BCUT2D eigenvalue weighted by atomic mass is 16.4. The van der Waals surface area contributed by atoms with Gasteiger partial charge in [-0.3, -0.25) is 14.4 Å². The van der Waals surface area contributed by atoms with Gasteiger partial charge in [-0.15, -0.1) is 0 Å². The lowest BCUT2D eigenvalue weighted by Gasteiger charge is -2.22. The van der Waals surface area contributed by atoms with Gasteiger partial charge < -0.3 is 27.2 Å². The van der Waals surface area contributed by atoms with Crippen LogP contribution in [0.4, 0.5) is 0 Å². The number of carboxylic acids is 1. The fourth-order valence-corrected chi connectivity index (χ4v) is 1.43. The summed E-state index contributed by atoms with van der Waals surface area (Å²) in [5.41, 5.74) is 10.1. The molecule has 0 aromatic heterocycles. The van der Waals surface area contributed by atoms with Crippen molar-refractivity contribution < 1.29 is 24.3 Å². The van der Waals surface area contributed by atoms with Gasteiger partial charge in [-0.05, 0) is 5.92 Å². The van der Waals surface area contributed by atoms with E-state index in [1.165, 1.54) is 0 Å². The topological polar surface area (TPSA) is 165 Å². The molecular formula is C11H20N4O5. The maximum Gasteiger partial charge on any atom is 0.326 e. The Kier molecular flexibility index (Phi) is 7.22. The molecule has 9 heteroatoms. The number of nitrogens with two attached hydrogens (primary N) is 2. The van der Waals surface area contributed by atoms with Crippen molar-refractivity contribution >= 4 is 23.7 Å². The zero-order chi connectivity index (χ0) is 15.9. The first-order chi connectivity index (χ1) is 9.18. The van der Waals surface area contributed by atoms with Crippen LogP contribution in [0.1, 0.15) is 20.3 Å². The molecule has 0 bridgehead atoms.